The van der Waals surface area contributed by atoms with Gasteiger partial charge < -0.3 is 30.7 Å². The fourth-order valence-electron chi connectivity index (χ4n) is 6.92. The number of amides is 4. The molecule has 4 aliphatic rings. The van der Waals surface area contributed by atoms with E-state index in [1.54, 1.807) is 11.6 Å². The van der Waals surface area contributed by atoms with E-state index in [4.69, 9.17) is 19.6 Å². The van der Waals surface area contributed by atoms with E-state index in [0.717, 1.165) is 24.0 Å². The molecule has 3 aromatic rings. The quantitative estimate of drug-likeness (QED) is 0.270. The molecule has 1 saturated carbocycles. The van der Waals surface area contributed by atoms with Gasteiger partial charge in [-0.2, -0.15) is 5.10 Å². The minimum Gasteiger partial charge on any atom is -0.491 e. The number of likely N-dealkylation sites (N-methyl/N-ethyl adjacent to an activating group) is 1. The van der Waals surface area contributed by atoms with Crippen molar-refractivity contribution in [1.82, 2.24) is 40.9 Å². The van der Waals surface area contributed by atoms with E-state index in [9.17, 15) is 19.2 Å². The van der Waals surface area contributed by atoms with Crippen molar-refractivity contribution in [1.29, 1.82) is 0 Å². The van der Waals surface area contributed by atoms with E-state index < -0.39 is 36.0 Å². The predicted octanol–water partition coefficient (Wildman–Crippen LogP) is 2.12. The summed E-state index contributed by atoms with van der Waals surface area (Å²) in [4.78, 5) is 61.9. The average Bonchev–Trinajstić information content (AvgIpc) is 3.87. The molecule has 14 heteroatoms. The van der Waals surface area contributed by atoms with Crippen LogP contribution in [0.2, 0.25) is 0 Å². The Balaban J connectivity index is 1.32. The van der Waals surface area contributed by atoms with Crippen molar-refractivity contribution in [2.45, 2.75) is 96.1 Å². The number of benzene rings is 2. The number of carbonyl (C=O) groups excluding carboxylic acids is 4. The molecule has 1 saturated heterocycles. The van der Waals surface area contributed by atoms with Crippen LogP contribution in [-0.2, 0) is 49.7 Å². The summed E-state index contributed by atoms with van der Waals surface area (Å²) in [5.41, 5.74) is 1.75. The van der Waals surface area contributed by atoms with Crippen molar-refractivity contribution in [2.75, 3.05) is 33.4 Å². The summed E-state index contributed by atoms with van der Waals surface area (Å²) in [6, 6.07) is 13.6. The van der Waals surface area contributed by atoms with Crippen LogP contribution < -0.4 is 26.0 Å². The molecule has 0 radical (unpaired) electrons. The third-order valence-electron chi connectivity index (χ3n) is 10.1. The second-order valence-corrected chi connectivity index (χ2v) is 15.4. The number of nitrogens with zero attached hydrogens (tertiary/aromatic N) is 4. The molecule has 3 aliphatic heterocycles. The fourth-order valence-corrected chi connectivity index (χ4v) is 6.92. The van der Waals surface area contributed by atoms with Crippen LogP contribution >= 0.6 is 0 Å². The van der Waals surface area contributed by atoms with Gasteiger partial charge in [0.2, 0.25) is 23.6 Å². The number of rotatable bonds is 8. The molecule has 4 N–H and O–H groups in total. The van der Waals surface area contributed by atoms with Gasteiger partial charge in [-0.25, -0.2) is 9.67 Å². The van der Waals surface area contributed by atoms with Gasteiger partial charge in [0, 0.05) is 19.4 Å². The smallest absolute Gasteiger partial charge is 0.243 e. The molecule has 5 atom stereocenters. The lowest BCUT2D eigenvalue weighted by Gasteiger charge is -2.32. The molecule has 54 heavy (non-hydrogen) atoms. The number of carbonyl (C=O) groups is 4. The standard InChI is InChI=1S/C40H54N8O6/c1-25(2)18-30-23-54-31-14-12-28(13-15-31)20-33(44-40(52)34-24-53-17-16-47(34)4)39(51)41-26(3)38(50)43-32(19-27-8-6-5-7-9-27)37-45-35(21-29-10-11-29)46-48(37)22-36(49)42-30/h5-9,12-15,25-26,29-30,32-34H,10-11,16-24H2,1-4H3,(H,41,51)(H,42,49)(H,43,50)(H,44,52)/t26-,30+,32-,33+,34+/m1/s1. The van der Waals surface area contributed by atoms with Crippen molar-refractivity contribution < 1.29 is 28.7 Å². The van der Waals surface area contributed by atoms with Gasteiger partial charge in [-0.3, -0.25) is 24.1 Å². The highest BCUT2D eigenvalue weighted by Gasteiger charge is 2.33. The van der Waals surface area contributed by atoms with Crippen LogP contribution in [0.4, 0.5) is 0 Å². The Bertz CT molecular complexity index is 1740. The normalized spacial score (nSPS) is 24.8. The highest BCUT2D eigenvalue weighted by atomic mass is 16.5. The minimum atomic E-state index is -0.973. The first kappa shape index (κ1) is 38.9. The molecular weight excluding hydrogens is 688 g/mol. The number of hydrogen-bond donors (Lipinski definition) is 4. The topological polar surface area (TPSA) is 169 Å². The minimum absolute atomic E-state index is 0.0909. The zero-order valence-corrected chi connectivity index (χ0v) is 31.8. The maximum atomic E-state index is 14.0. The van der Waals surface area contributed by atoms with E-state index in [1.807, 2.05) is 66.5 Å². The fraction of sp³-hybridized carbons (Fsp3) is 0.550. The predicted molar refractivity (Wildman–Crippen MR) is 201 cm³/mol. The Hall–Kier alpha value is -4.82. The highest BCUT2D eigenvalue weighted by molar-refractivity contribution is 5.93. The molecule has 7 rings (SSSR count). The third-order valence-corrected chi connectivity index (χ3v) is 10.1. The number of morpholine rings is 1. The Labute approximate surface area is 317 Å². The van der Waals surface area contributed by atoms with Crippen LogP contribution in [0.1, 0.15) is 68.9 Å². The Kier molecular flexibility index (Phi) is 13.0. The molecule has 1 aromatic heterocycles. The SMILES string of the molecule is CC(C)C[C@H]1COc2ccc(cc2)C[C@H](NC(=O)[C@@H]2COCCN2C)C(=O)N[C@H](C)C(=O)N[C@H](Cc2ccccc2)c2nc(CC3CC3)nn2CC(=O)N1. The molecule has 2 fully saturated rings. The summed E-state index contributed by atoms with van der Waals surface area (Å²) in [7, 11) is 1.85. The first-order valence-electron chi connectivity index (χ1n) is 19.2. The van der Waals surface area contributed by atoms with Crippen LogP contribution in [0.15, 0.2) is 54.6 Å². The molecule has 14 nitrogen and oxygen atoms in total. The molecule has 290 valence electrons. The lowest BCUT2D eigenvalue weighted by molar-refractivity contribution is -0.136. The zero-order valence-electron chi connectivity index (χ0n) is 31.8. The van der Waals surface area contributed by atoms with Crippen molar-refractivity contribution in [3.05, 3.63) is 77.4 Å². The summed E-state index contributed by atoms with van der Waals surface area (Å²) in [5.74, 6) is 1.01. The van der Waals surface area contributed by atoms with E-state index in [-0.39, 0.29) is 44.0 Å². The Morgan fingerprint density at radius 1 is 0.963 bits per heavy atom. The van der Waals surface area contributed by atoms with Crippen molar-refractivity contribution in [3.8, 4) is 5.75 Å². The van der Waals surface area contributed by atoms with Gasteiger partial charge in [0.15, 0.2) is 11.6 Å². The first-order valence-corrected chi connectivity index (χ1v) is 19.2. The summed E-state index contributed by atoms with van der Waals surface area (Å²) in [6.07, 6.45) is 4.17. The van der Waals surface area contributed by atoms with Gasteiger partial charge in [0.1, 0.15) is 37.0 Å². The summed E-state index contributed by atoms with van der Waals surface area (Å²) in [5, 5.41) is 16.9. The lowest BCUT2D eigenvalue weighted by atomic mass is 10.0. The molecule has 1 aliphatic carbocycles. The number of nitrogens with one attached hydrogen (secondary N) is 4. The monoisotopic (exact) mass is 742 g/mol. The lowest BCUT2D eigenvalue weighted by Crippen LogP contribution is -2.58. The summed E-state index contributed by atoms with van der Waals surface area (Å²) in [6.45, 7) is 7.30. The van der Waals surface area contributed by atoms with E-state index in [0.29, 0.717) is 61.6 Å². The molecule has 0 unspecified atom stereocenters. The Morgan fingerprint density at radius 2 is 1.72 bits per heavy atom. The molecule has 4 heterocycles. The van der Waals surface area contributed by atoms with Crippen LogP contribution in [0.3, 0.4) is 0 Å². The van der Waals surface area contributed by atoms with Gasteiger partial charge in [-0.05, 0) is 74.8 Å². The maximum Gasteiger partial charge on any atom is 0.243 e. The number of aromatic nitrogens is 3. The van der Waals surface area contributed by atoms with Crippen LogP contribution in [0.25, 0.3) is 0 Å². The van der Waals surface area contributed by atoms with Gasteiger partial charge in [0.25, 0.3) is 0 Å². The van der Waals surface area contributed by atoms with Crippen molar-refractivity contribution in [3.63, 3.8) is 0 Å². The number of fused-ring (bicyclic) bond motifs is 14. The van der Waals surface area contributed by atoms with Gasteiger partial charge >= 0.3 is 0 Å². The summed E-state index contributed by atoms with van der Waals surface area (Å²) < 4.78 is 13.3. The highest BCUT2D eigenvalue weighted by Crippen LogP contribution is 2.32. The van der Waals surface area contributed by atoms with Crippen molar-refractivity contribution >= 4 is 23.6 Å². The zero-order chi connectivity index (χ0) is 38.2. The molecule has 4 amide bonds. The molecule has 0 spiro atoms. The second kappa shape index (κ2) is 18.0. The van der Waals surface area contributed by atoms with Crippen molar-refractivity contribution in [2.24, 2.45) is 11.8 Å². The van der Waals surface area contributed by atoms with Gasteiger partial charge in [-0.1, -0.05) is 56.3 Å². The van der Waals surface area contributed by atoms with Crippen LogP contribution in [0, 0.1) is 11.8 Å². The number of ether oxygens (including phenoxy) is 2. The average molecular weight is 743 g/mol. The molecular formula is C40H54N8O6. The molecule has 2 bridgehead atoms. The third kappa shape index (κ3) is 10.9. The first-order chi connectivity index (χ1) is 26.0. The van der Waals surface area contributed by atoms with E-state index >= 15 is 0 Å². The van der Waals surface area contributed by atoms with E-state index in [1.165, 1.54) is 0 Å². The van der Waals surface area contributed by atoms with Gasteiger partial charge in [0.05, 0.1) is 25.3 Å². The van der Waals surface area contributed by atoms with Gasteiger partial charge in [-0.15, -0.1) is 0 Å². The van der Waals surface area contributed by atoms with Crippen LogP contribution in [-0.4, -0.2) is 101 Å². The van der Waals surface area contributed by atoms with E-state index in [2.05, 4.69) is 35.1 Å². The van der Waals surface area contributed by atoms with Crippen LogP contribution in [0.5, 0.6) is 5.75 Å². The second-order valence-electron chi connectivity index (χ2n) is 15.4. The number of hydrogen-bond acceptors (Lipinski definition) is 9. The maximum absolute atomic E-state index is 14.0. The largest absolute Gasteiger partial charge is 0.491 e. The molecule has 2 aromatic carbocycles. The Morgan fingerprint density at radius 3 is 2.43 bits per heavy atom. The summed E-state index contributed by atoms with van der Waals surface area (Å²) >= 11 is 0.